The van der Waals surface area contributed by atoms with Crippen LogP contribution < -0.4 is 5.32 Å². The van der Waals surface area contributed by atoms with E-state index in [1.807, 2.05) is 0 Å². The minimum atomic E-state index is -1.07. The van der Waals surface area contributed by atoms with Crippen LogP contribution in [-0.2, 0) is 14.3 Å². The third-order valence-electron chi connectivity index (χ3n) is 9.11. The van der Waals surface area contributed by atoms with Gasteiger partial charge in [-0.15, -0.1) is 0 Å². The molecule has 0 aromatic rings. The van der Waals surface area contributed by atoms with E-state index >= 15 is 0 Å². The van der Waals surface area contributed by atoms with Crippen molar-refractivity contribution in [1.82, 2.24) is 15.1 Å². The third-order valence-corrected chi connectivity index (χ3v) is 9.11. The van der Waals surface area contributed by atoms with Crippen molar-refractivity contribution < 1.29 is 19.4 Å². The molecule has 8 unspecified atom stereocenters. The lowest BCUT2D eigenvalue weighted by Gasteiger charge is -2.61. The molecule has 0 spiro atoms. The quantitative estimate of drug-likeness (QED) is 0.447. The van der Waals surface area contributed by atoms with Crippen molar-refractivity contribution in [3.8, 4) is 0 Å². The molecule has 2 aliphatic heterocycles. The van der Waals surface area contributed by atoms with E-state index in [-0.39, 0.29) is 47.6 Å². The minimum Gasteiger partial charge on any atom is -0.478 e. The molecule has 0 radical (unpaired) electrons. The number of ketones is 1. The Kier molecular flexibility index (Phi) is 6.83. The molecular weight excluding hydrogens is 418 g/mol. The number of morpholine rings is 1. The van der Waals surface area contributed by atoms with E-state index in [9.17, 15) is 14.7 Å². The van der Waals surface area contributed by atoms with Gasteiger partial charge in [-0.2, -0.15) is 0 Å². The van der Waals surface area contributed by atoms with Gasteiger partial charge in [0, 0.05) is 18.2 Å². The summed E-state index contributed by atoms with van der Waals surface area (Å²) in [4.78, 5) is 29.7. The summed E-state index contributed by atoms with van der Waals surface area (Å²) in [6, 6.07) is 0.412. The molecule has 3 saturated carbocycles. The van der Waals surface area contributed by atoms with Crippen LogP contribution in [0.5, 0.6) is 0 Å². The molecular formula is C26H41N3O4. The van der Waals surface area contributed by atoms with Crippen LogP contribution in [0.4, 0.5) is 0 Å². The summed E-state index contributed by atoms with van der Waals surface area (Å²) >= 11 is 0. The number of carboxylic acids is 1. The van der Waals surface area contributed by atoms with Crippen LogP contribution in [0.1, 0.15) is 64.2 Å². The molecule has 0 aromatic heterocycles. The van der Waals surface area contributed by atoms with Crippen LogP contribution in [0.15, 0.2) is 11.8 Å². The summed E-state index contributed by atoms with van der Waals surface area (Å²) in [6.07, 6.45) is 13.0. The lowest BCUT2D eigenvalue weighted by atomic mass is 9.63. The van der Waals surface area contributed by atoms with Crippen molar-refractivity contribution >= 4 is 11.8 Å². The largest absolute Gasteiger partial charge is 0.478 e. The second kappa shape index (κ2) is 9.67. The molecule has 7 nitrogen and oxygen atoms in total. The summed E-state index contributed by atoms with van der Waals surface area (Å²) in [5, 5.41) is 13.6. The second-order valence-electron chi connectivity index (χ2n) is 11.3. The molecule has 2 heterocycles. The first kappa shape index (κ1) is 23.3. The average molecular weight is 460 g/mol. The van der Waals surface area contributed by atoms with E-state index in [4.69, 9.17) is 4.74 Å². The Morgan fingerprint density at radius 2 is 1.94 bits per heavy atom. The standard InChI is InChI=1S/C26H41N3O4/c1-28(2)14-6-5-13-27-20-11-10-18-23-25(20)33-21-12-9-16-7-3-4-8-17(16)22(21)29(23)15-19(24(18)30)26(31)32/h15-18,20-23,25,27H,3-14H2,1-2H3,(H,31,32). The highest BCUT2D eigenvalue weighted by atomic mass is 16.5. The fourth-order valence-electron chi connectivity index (χ4n) is 7.64. The van der Waals surface area contributed by atoms with E-state index in [1.54, 1.807) is 6.20 Å². The topological polar surface area (TPSA) is 82.1 Å². The zero-order valence-electron chi connectivity index (χ0n) is 20.2. The van der Waals surface area contributed by atoms with E-state index in [2.05, 4.69) is 29.2 Å². The molecule has 8 atom stereocenters. The maximum atomic E-state index is 13.2. The molecule has 184 valence electrons. The number of unbranched alkanes of at least 4 members (excludes halogenated alkanes) is 1. The lowest BCUT2D eigenvalue weighted by Crippen LogP contribution is -2.72. The molecule has 2 N–H and O–H groups in total. The molecule has 0 aromatic carbocycles. The molecule has 5 aliphatic rings. The number of rotatable bonds is 7. The van der Waals surface area contributed by atoms with Crippen LogP contribution >= 0.6 is 0 Å². The van der Waals surface area contributed by atoms with E-state index in [0.29, 0.717) is 11.8 Å². The molecule has 4 fully saturated rings. The van der Waals surface area contributed by atoms with Crippen molar-refractivity contribution in [2.24, 2.45) is 17.8 Å². The number of nitrogens with zero attached hydrogens (tertiary/aromatic N) is 2. The van der Waals surface area contributed by atoms with Gasteiger partial charge in [-0.25, -0.2) is 4.79 Å². The van der Waals surface area contributed by atoms with E-state index < -0.39 is 5.97 Å². The summed E-state index contributed by atoms with van der Waals surface area (Å²) in [7, 11) is 4.21. The van der Waals surface area contributed by atoms with Crippen LogP contribution in [0, 0.1) is 17.8 Å². The zero-order chi connectivity index (χ0) is 23.1. The first-order valence-corrected chi connectivity index (χ1v) is 13.3. The molecule has 0 bridgehead atoms. The Balaban J connectivity index is 1.39. The predicted octanol–water partition coefficient (Wildman–Crippen LogP) is 2.65. The molecule has 7 heteroatoms. The first-order valence-electron chi connectivity index (χ1n) is 13.3. The number of ether oxygens (including phenoxy) is 1. The van der Waals surface area contributed by atoms with Crippen molar-refractivity contribution in [2.45, 2.75) is 94.5 Å². The van der Waals surface area contributed by atoms with Crippen molar-refractivity contribution in [1.29, 1.82) is 0 Å². The number of hydrogen-bond donors (Lipinski definition) is 2. The normalized spacial score (nSPS) is 40.0. The summed E-state index contributed by atoms with van der Waals surface area (Å²) in [5.41, 5.74) is -0.0105. The van der Waals surface area contributed by atoms with Gasteiger partial charge in [-0.1, -0.05) is 19.3 Å². The molecule has 3 aliphatic carbocycles. The highest BCUT2D eigenvalue weighted by molar-refractivity contribution is 6.18. The average Bonchev–Trinajstić information content (AvgIpc) is 2.80. The van der Waals surface area contributed by atoms with Gasteiger partial charge < -0.3 is 25.0 Å². The smallest absolute Gasteiger partial charge is 0.340 e. The predicted molar refractivity (Wildman–Crippen MR) is 126 cm³/mol. The summed E-state index contributed by atoms with van der Waals surface area (Å²) < 4.78 is 6.89. The number of hydrogen-bond acceptors (Lipinski definition) is 6. The fourth-order valence-corrected chi connectivity index (χ4v) is 7.64. The Bertz CT molecular complexity index is 783. The molecule has 1 saturated heterocycles. The molecule has 0 amide bonds. The maximum absolute atomic E-state index is 13.2. The number of nitrogens with one attached hydrogen (secondary N) is 1. The van der Waals surface area contributed by atoms with Gasteiger partial charge in [-0.3, -0.25) is 4.79 Å². The molecule has 5 rings (SSSR count). The Morgan fingerprint density at radius 1 is 1.12 bits per heavy atom. The van der Waals surface area contributed by atoms with Crippen LogP contribution in [0.25, 0.3) is 0 Å². The minimum absolute atomic E-state index is 0.0105. The summed E-state index contributed by atoms with van der Waals surface area (Å²) in [5.74, 6) is -0.251. The highest BCUT2D eigenvalue weighted by Crippen LogP contribution is 2.50. The molecule has 33 heavy (non-hydrogen) atoms. The number of carbonyl (C=O) groups is 2. The van der Waals surface area contributed by atoms with Gasteiger partial charge in [0.05, 0.1) is 24.3 Å². The van der Waals surface area contributed by atoms with Crippen LogP contribution in [0.2, 0.25) is 0 Å². The van der Waals surface area contributed by atoms with Gasteiger partial charge in [-0.05, 0) is 84.0 Å². The Labute approximate surface area is 197 Å². The zero-order valence-corrected chi connectivity index (χ0v) is 20.2. The van der Waals surface area contributed by atoms with E-state index in [0.717, 1.165) is 45.2 Å². The summed E-state index contributed by atoms with van der Waals surface area (Å²) in [6.45, 7) is 2.05. The van der Waals surface area contributed by atoms with Crippen LogP contribution in [-0.4, -0.2) is 84.2 Å². The van der Waals surface area contributed by atoms with Crippen LogP contribution in [0.3, 0.4) is 0 Å². The number of carboxylic acid groups (broad SMARTS) is 1. The number of fused-ring (bicyclic) bond motifs is 4. The number of carbonyl (C=O) groups excluding carboxylic acids is 1. The SMILES string of the molecule is CN(C)CCCCNC1CCC2C(=O)C(C(=O)O)=CN3C4C(CCC5CCCCC54)OC1C23. The van der Waals surface area contributed by atoms with Crippen molar-refractivity contribution in [2.75, 3.05) is 27.2 Å². The maximum Gasteiger partial charge on any atom is 0.340 e. The van der Waals surface area contributed by atoms with Gasteiger partial charge in [0.1, 0.15) is 5.57 Å². The fraction of sp³-hybridized carbons (Fsp3) is 0.846. The van der Waals surface area contributed by atoms with Crippen molar-refractivity contribution in [3.63, 3.8) is 0 Å². The highest BCUT2D eigenvalue weighted by Gasteiger charge is 2.58. The third kappa shape index (κ3) is 4.37. The Hall–Kier alpha value is -1.44. The second-order valence-corrected chi connectivity index (χ2v) is 11.3. The van der Waals surface area contributed by atoms with Gasteiger partial charge in [0.25, 0.3) is 0 Å². The number of Topliss-reactive ketones (excluding diaryl/α,β-unsaturated/α-hetero) is 1. The van der Waals surface area contributed by atoms with E-state index in [1.165, 1.54) is 32.1 Å². The van der Waals surface area contributed by atoms with Gasteiger partial charge in [0.15, 0.2) is 5.78 Å². The first-order chi connectivity index (χ1) is 16.0. The lowest BCUT2D eigenvalue weighted by molar-refractivity contribution is -0.207. The van der Waals surface area contributed by atoms with Gasteiger partial charge in [0.2, 0.25) is 0 Å². The van der Waals surface area contributed by atoms with Crippen molar-refractivity contribution in [3.05, 3.63) is 11.8 Å². The van der Waals surface area contributed by atoms with Gasteiger partial charge >= 0.3 is 5.97 Å². The number of aliphatic carboxylic acids is 1. The monoisotopic (exact) mass is 459 g/mol. The Morgan fingerprint density at radius 3 is 2.73 bits per heavy atom.